The number of hydrogen-bond donors (Lipinski definition) is 1. The van der Waals surface area contributed by atoms with Crippen LogP contribution in [0.15, 0.2) is 60.9 Å². The molecule has 0 fully saturated rings. The predicted molar refractivity (Wildman–Crippen MR) is 137 cm³/mol. The van der Waals surface area contributed by atoms with Crippen molar-refractivity contribution >= 4 is 22.9 Å². The van der Waals surface area contributed by atoms with Gasteiger partial charge in [-0.3, -0.25) is 19.6 Å². The molecule has 0 radical (unpaired) electrons. The molecule has 0 aliphatic rings. The molecule has 0 saturated carbocycles. The lowest BCUT2D eigenvalue weighted by molar-refractivity contribution is -0.384. The average Bonchev–Trinajstić information content (AvgIpc) is 3.45. The molecule has 0 atom stereocenters. The van der Waals surface area contributed by atoms with Crippen molar-refractivity contribution in [2.45, 2.75) is 20.8 Å². The summed E-state index contributed by atoms with van der Waals surface area (Å²) in [6.45, 7) is 5.75. The Morgan fingerprint density at radius 2 is 1.89 bits per heavy atom. The molecular weight excluding hydrogens is 474 g/mol. The molecule has 3 heterocycles. The minimum absolute atomic E-state index is 0.102. The molecule has 186 valence electrons. The Bertz CT molecular complexity index is 1690. The van der Waals surface area contributed by atoms with Crippen molar-refractivity contribution in [1.29, 1.82) is 0 Å². The number of nitrogens with one attached hydrogen (secondary N) is 1. The second-order valence-corrected chi connectivity index (χ2v) is 8.69. The SMILES string of the molecule is Cc1ccc(C)c(Oc2cc(NC(=O)c3cc4nccc(-c5cnn(C)c5C)n4n3)cc([N+](=O)[O-])c2)c1. The van der Waals surface area contributed by atoms with E-state index in [1.54, 1.807) is 33.7 Å². The van der Waals surface area contributed by atoms with Gasteiger partial charge in [0.05, 0.1) is 28.6 Å². The van der Waals surface area contributed by atoms with E-state index in [4.69, 9.17) is 4.74 Å². The number of fused-ring (bicyclic) bond motifs is 1. The van der Waals surface area contributed by atoms with Crippen LogP contribution in [0.1, 0.15) is 27.3 Å². The topological polar surface area (TPSA) is 129 Å². The van der Waals surface area contributed by atoms with Gasteiger partial charge >= 0.3 is 0 Å². The highest BCUT2D eigenvalue weighted by atomic mass is 16.6. The van der Waals surface area contributed by atoms with Crippen LogP contribution in [-0.4, -0.2) is 35.2 Å². The third kappa shape index (κ3) is 4.61. The van der Waals surface area contributed by atoms with Crippen LogP contribution in [0.4, 0.5) is 11.4 Å². The lowest BCUT2D eigenvalue weighted by Crippen LogP contribution is -2.13. The van der Waals surface area contributed by atoms with Crippen molar-refractivity contribution in [2.24, 2.45) is 7.05 Å². The second kappa shape index (κ2) is 9.19. The summed E-state index contributed by atoms with van der Waals surface area (Å²) in [5.41, 5.74) is 4.94. The molecule has 1 amide bonds. The number of hydrogen-bond acceptors (Lipinski definition) is 7. The molecule has 0 saturated heterocycles. The summed E-state index contributed by atoms with van der Waals surface area (Å²) in [5, 5.41) is 23.0. The fraction of sp³-hybridized carbons (Fsp3) is 0.154. The third-order valence-electron chi connectivity index (χ3n) is 6.03. The summed E-state index contributed by atoms with van der Waals surface area (Å²) in [5.74, 6) is 0.254. The molecule has 5 aromatic rings. The van der Waals surface area contributed by atoms with E-state index in [-0.39, 0.29) is 22.8 Å². The van der Waals surface area contributed by atoms with Crippen LogP contribution >= 0.6 is 0 Å². The van der Waals surface area contributed by atoms with Crippen LogP contribution in [0.5, 0.6) is 11.5 Å². The van der Waals surface area contributed by atoms with E-state index in [1.165, 1.54) is 18.2 Å². The lowest BCUT2D eigenvalue weighted by Gasteiger charge is -2.11. The average molecular weight is 498 g/mol. The number of nitro benzene ring substituents is 1. The molecule has 0 bridgehead atoms. The number of nitrogens with zero attached hydrogens (tertiary/aromatic N) is 6. The molecule has 0 unspecified atom stereocenters. The zero-order chi connectivity index (χ0) is 26.3. The highest BCUT2D eigenvalue weighted by Crippen LogP contribution is 2.32. The summed E-state index contributed by atoms with van der Waals surface area (Å²) >= 11 is 0. The second-order valence-electron chi connectivity index (χ2n) is 8.69. The monoisotopic (exact) mass is 497 g/mol. The van der Waals surface area contributed by atoms with Gasteiger partial charge in [-0.15, -0.1) is 0 Å². The van der Waals surface area contributed by atoms with E-state index >= 15 is 0 Å². The standard InChI is InChI=1S/C26H23N7O4/c1-15-5-6-16(2)24(9-15)37-20-11-18(10-19(12-20)33(35)36)29-26(34)22-13-25-27-8-7-23(32(25)30-22)21-14-28-31(4)17(21)3/h5-14H,1-4H3,(H,29,34). The summed E-state index contributed by atoms with van der Waals surface area (Å²) < 4.78 is 9.26. The number of nitro groups is 1. The number of benzene rings is 2. The van der Waals surface area contributed by atoms with Crippen LogP contribution in [0.2, 0.25) is 0 Å². The van der Waals surface area contributed by atoms with Crippen LogP contribution < -0.4 is 10.1 Å². The van der Waals surface area contributed by atoms with Gasteiger partial charge in [-0.2, -0.15) is 10.2 Å². The Hall–Kier alpha value is -5.06. The van der Waals surface area contributed by atoms with Crippen molar-refractivity contribution in [1.82, 2.24) is 24.4 Å². The molecule has 0 aliphatic heterocycles. The number of aryl methyl sites for hydroxylation is 3. The van der Waals surface area contributed by atoms with Gasteiger partial charge in [0.25, 0.3) is 11.6 Å². The Labute approximate surface area is 211 Å². The molecule has 2 aromatic carbocycles. The number of amides is 1. The molecule has 5 rings (SSSR count). The van der Waals surface area contributed by atoms with E-state index in [9.17, 15) is 14.9 Å². The number of non-ortho nitro benzene ring substituents is 1. The maximum absolute atomic E-state index is 13.1. The highest BCUT2D eigenvalue weighted by molar-refractivity contribution is 6.03. The number of carbonyl (C=O) groups excluding carboxylic acids is 1. The van der Waals surface area contributed by atoms with Gasteiger partial charge in [0.1, 0.15) is 11.5 Å². The van der Waals surface area contributed by atoms with Crippen molar-refractivity contribution in [3.8, 4) is 22.8 Å². The number of carbonyl (C=O) groups is 1. The quantitative estimate of drug-likeness (QED) is 0.258. The summed E-state index contributed by atoms with van der Waals surface area (Å²) in [6, 6.07) is 13.2. The van der Waals surface area contributed by atoms with Crippen molar-refractivity contribution in [3.63, 3.8) is 0 Å². The van der Waals surface area contributed by atoms with Gasteiger partial charge in [-0.25, -0.2) is 9.50 Å². The zero-order valence-corrected chi connectivity index (χ0v) is 20.6. The Morgan fingerprint density at radius 3 is 2.62 bits per heavy atom. The van der Waals surface area contributed by atoms with E-state index in [0.717, 1.165) is 28.1 Å². The Balaban J connectivity index is 1.47. The first kappa shape index (κ1) is 23.7. The lowest BCUT2D eigenvalue weighted by atomic mass is 10.1. The van der Waals surface area contributed by atoms with E-state index in [0.29, 0.717) is 11.4 Å². The number of rotatable bonds is 6. The van der Waals surface area contributed by atoms with E-state index in [1.807, 2.05) is 46.0 Å². The minimum atomic E-state index is -0.544. The minimum Gasteiger partial charge on any atom is -0.457 e. The van der Waals surface area contributed by atoms with Gasteiger partial charge in [0.2, 0.25) is 0 Å². The number of anilines is 1. The Morgan fingerprint density at radius 1 is 1.08 bits per heavy atom. The largest absolute Gasteiger partial charge is 0.457 e. The molecule has 0 spiro atoms. The van der Waals surface area contributed by atoms with Crippen molar-refractivity contribution < 1.29 is 14.5 Å². The number of ether oxygens (including phenoxy) is 1. The fourth-order valence-corrected chi connectivity index (χ4v) is 3.92. The fourth-order valence-electron chi connectivity index (χ4n) is 3.92. The molecule has 11 heteroatoms. The van der Waals surface area contributed by atoms with Crippen molar-refractivity contribution in [3.05, 3.63) is 93.6 Å². The normalized spacial score (nSPS) is 11.0. The Kier molecular flexibility index (Phi) is 5.88. The first-order chi connectivity index (χ1) is 17.7. The van der Waals surface area contributed by atoms with E-state index < -0.39 is 10.8 Å². The van der Waals surface area contributed by atoms with Crippen LogP contribution in [0, 0.1) is 30.9 Å². The predicted octanol–water partition coefficient (Wildman–Crippen LogP) is 5.01. The molecule has 11 nitrogen and oxygen atoms in total. The van der Waals surface area contributed by atoms with Gasteiger partial charge in [0.15, 0.2) is 11.3 Å². The summed E-state index contributed by atoms with van der Waals surface area (Å²) in [6.07, 6.45) is 3.37. The molecule has 0 aliphatic carbocycles. The molecule has 37 heavy (non-hydrogen) atoms. The van der Waals surface area contributed by atoms with Gasteiger partial charge in [-0.05, 0) is 44.0 Å². The molecular formula is C26H23N7O4. The van der Waals surface area contributed by atoms with Crippen LogP contribution in [0.25, 0.3) is 16.9 Å². The summed E-state index contributed by atoms with van der Waals surface area (Å²) in [7, 11) is 1.84. The molecule has 3 aromatic heterocycles. The first-order valence-corrected chi connectivity index (χ1v) is 11.4. The van der Waals surface area contributed by atoms with Crippen LogP contribution in [0.3, 0.4) is 0 Å². The van der Waals surface area contributed by atoms with Gasteiger partial charge < -0.3 is 10.1 Å². The maximum Gasteiger partial charge on any atom is 0.276 e. The van der Waals surface area contributed by atoms with E-state index in [2.05, 4.69) is 20.5 Å². The zero-order valence-electron chi connectivity index (χ0n) is 20.6. The smallest absolute Gasteiger partial charge is 0.276 e. The number of aromatic nitrogens is 5. The summed E-state index contributed by atoms with van der Waals surface area (Å²) in [4.78, 5) is 28.4. The van der Waals surface area contributed by atoms with Gasteiger partial charge in [-0.1, -0.05) is 12.1 Å². The van der Waals surface area contributed by atoms with Crippen LogP contribution in [-0.2, 0) is 7.05 Å². The highest BCUT2D eigenvalue weighted by Gasteiger charge is 2.19. The van der Waals surface area contributed by atoms with Gasteiger partial charge in [0, 0.05) is 42.7 Å². The van der Waals surface area contributed by atoms with Crippen molar-refractivity contribution in [2.75, 3.05) is 5.32 Å². The third-order valence-corrected chi connectivity index (χ3v) is 6.03. The molecule has 1 N–H and O–H groups in total. The maximum atomic E-state index is 13.1. The first-order valence-electron chi connectivity index (χ1n) is 11.4.